The maximum Gasteiger partial charge on any atom is 0.108 e. The Kier molecular flexibility index (Phi) is 5.38. The molecule has 0 saturated carbocycles. The minimum absolute atomic E-state index is 0.379. The lowest BCUT2D eigenvalue weighted by Gasteiger charge is -2.20. The van der Waals surface area contributed by atoms with Crippen molar-refractivity contribution >= 4 is 15.9 Å². The van der Waals surface area contributed by atoms with E-state index in [0.29, 0.717) is 6.04 Å². The fraction of sp³-hybridized carbons (Fsp3) is 0.438. The van der Waals surface area contributed by atoms with Gasteiger partial charge in [0.2, 0.25) is 0 Å². The van der Waals surface area contributed by atoms with E-state index in [1.165, 1.54) is 11.1 Å². The van der Waals surface area contributed by atoms with Crippen LogP contribution in [0.5, 0.6) is 0 Å². The molecule has 1 aromatic carbocycles. The average molecular weight is 336 g/mol. The molecule has 3 nitrogen and oxygen atoms in total. The van der Waals surface area contributed by atoms with Gasteiger partial charge in [0.25, 0.3) is 0 Å². The lowest BCUT2D eigenvalue weighted by atomic mass is 9.97. The van der Waals surface area contributed by atoms with Crippen molar-refractivity contribution in [3.05, 3.63) is 52.0 Å². The molecule has 0 saturated heterocycles. The van der Waals surface area contributed by atoms with Gasteiger partial charge in [-0.25, -0.2) is 4.98 Å². The maximum absolute atomic E-state index is 4.41. The van der Waals surface area contributed by atoms with E-state index in [9.17, 15) is 0 Å². The Morgan fingerprint density at radius 2 is 2.20 bits per heavy atom. The van der Waals surface area contributed by atoms with Gasteiger partial charge in [-0.1, -0.05) is 28.9 Å². The molecule has 4 heteroatoms. The lowest BCUT2D eigenvalue weighted by Crippen LogP contribution is -2.22. The number of rotatable bonds is 6. The van der Waals surface area contributed by atoms with Gasteiger partial charge in [0.15, 0.2) is 0 Å². The predicted molar refractivity (Wildman–Crippen MR) is 86.8 cm³/mol. The zero-order valence-corrected chi connectivity index (χ0v) is 13.9. The molecule has 20 heavy (non-hydrogen) atoms. The maximum atomic E-state index is 4.41. The van der Waals surface area contributed by atoms with Crippen LogP contribution in [0, 0.1) is 6.92 Å². The summed E-state index contributed by atoms with van der Waals surface area (Å²) in [6, 6.07) is 6.89. The van der Waals surface area contributed by atoms with E-state index in [-0.39, 0.29) is 0 Å². The normalized spacial score (nSPS) is 12.6. The Morgan fingerprint density at radius 1 is 1.40 bits per heavy atom. The fourth-order valence-electron chi connectivity index (χ4n) is 2.55. The standard InChI is InChI=1S/C16H22BrN3/c1-4-18-15(7-8-16-19-9-10-20(16)3)14-6-5-13(17)11-12(14)2/h5-6,9-11,15,18H,4,7-8H2,1-3H3. The Labute approximate surface area is 129 Å². The second-order valence-corrected chi connectivity index (χ2v) is 6.02. The van der Waals surface area contributed by atoms with Crippen LogP contribution in [0.2, 0.25) is 0 Å². The molecule has 0 amide bonds. The number of aryl methyl sites for hydroxylation is 3. The van der Waals surface area contributed by atoms with Gasteiger partial charge in [-0.2, -0.15) is 0 Å². The van der Waals surface area contributed by atoms with E-state index in [0.717, 1.165) is 29.7 Å². The molecular formula is C16H22BrN3. The smallest absolute Gasteiger partial charge is 0.108 e. The van der Waals surface area contributed by atoms with Gasteiger partial charge >= 0.3 is 0 Å². The summed E-state index contributed by atoms with van der Waals surface area (Å²) in [6.45, 7) is 5.30. The summed E-state index contributed by atoms with van der Waals surface area (Å²) in [5, 5.41) is 3.59. The van der Waals surface area contributed by atoms with E-state index < -0.39 is 0 Å². The van der Waals surface area contributed by atoms with Crippen molar-refractivity contribution in [1.82, 2.24) is 14.9 Å². The van der Waals surface area contributed by atoms with E-state index >= 15 is 0 Å². The van der Waals surface area contributed by atoms with Crippen molar-refractivity contribution in [2.75, 3.05) is 6.54 Å². The third-order valence-electron chi connectivity index (χ3n) is 3.64. The first-order valence-corrected chi connectivity index (χ1v) is 7.86. The molecule has 0 bridgehead atoms. The van der Waals surface area contributed by atoms with Gasteiger partial charge in [0.1, 0.15) is 5.82 Å². The molecular weight excluding hydrogens is 314 g/mol. The molecule has 1 N–H and O–H groups in total. The number of benzene rings is 1. The number of halogens is 1. The van der Waals surface area contributed by atoms with Crippen molar-refractivity contribution in [3.63, 3.8) is 0 Å². The van der Waals surface area contributed by atoms with E-state index in [1.54, 1.807) is 0 Å². The topological polar surface area (TPSA) is 29.9 Å². The molecule has 0 aliphatic carbocycles. The molecule has 108 valence electrons. The second-order valence-electron chi connectivity index (χ2n) is 5.10. The summed E-state index contributed by atoms with van der Waals surface area (Å²) < 4.78 is 3.23. The molecule has 0 radical (unpaired) electrons. The van der Waals surface area contributed by atoms with Crippen LogP contribution in [0.25, 0.3) is 0 Å². The molecule has 1 aromatic heterocycles. The highest BCUT2D eigenvalue weighted by Crippen LogP contribution is 2.25. The van der Waals surface area contributed by atoms with Crippen LogP contribution in [-0.2, 0) is 13.5 Å². The Morgan fingerprint density at radius 3 is 2.80 bits per heavy atom. The zero-order chi connectivity index (χ0) is 14.5. The number of hydrogen-bond donors (Lipinski definition) is 1. The highest BCUT2D eigenvalue weighted by molar-refractivity contribution is 9.10. The summed E-state index contributed by atoms with van der Waals surface area (Å²) >= 11 is 3.53. The Bertz CT molecular complexity index is 563. The SMILES string of the molecule is CCNC(CCc1nccn1C)c1ccc(Br)cc1C. The van der Waals surface area contributed by atoms with Crippen molar-refractivity contribution in [1.29, 1.82) is 0 Å². The highest BCUT2D eigenvalue weighted by Gasteiger charge is 2.14. The van der Waals surface area contributed by atoms with Crippen LogP contribution in [-0.4, -0.2) is 16.1 Å². The number of nitrogens with zero attached hydrogens (tertiary/aromatic N) is 2. The summed E-state index contributed by atoms with van der Waals surface area (Å²) in [6.07, 6.45) is 5.91. The summed E-state index contributed by atoms with van der Waals surface area (Å²) in [7, 11) is 2.05. The Balaban J connectivity index is 2.12. The molecule has 0 aliphatic heterocycles. The summed E-state index contributed by atoms with van der Waals surface area (Å²) in [5.74, 6) is 1.14. The molecule has 0 fully saturated rings. The van der Waals surface area contributed by atoms with Gasteiger partial charge < -0.3 is 9.88 Å². The van der Waals surface area contributed by atoms with E-state index in [1.807, 2.05) is 12.4 Å². The van der Waals surface area contributed by atoms with Crippen LogP contribution in [0.15, 0.2) is 35.1 Å². The first-order valence-electron chi connectivity index (χ1n) is 7.07. The van der Waals surface area contributed by atoms with Crippen molar-refractivity contribution in [3.8, 4) is 0 Å². The largest absolute Gasteiger partial charge is 0.338 e. The van der Waals surface area contributed by atoms with E-state index in [4.69, 9.17) is 0 Å². The van der Waals surface area contributed by atoms with Crippen LogP contribution < -0.4 is 5.32 Å². The summed E-state index contributed by atoms with van der Waals surface area (Å²) in [5.41, 5.74) is 2.70. The molecule has 2 aromatic rings. The third kappa shape index (κ3) is 3.70. The minimum Gasteiger partial charge on any atom is -0.338 e. The molecule has 0 spiro atoms. The van der Waals surface area contributed by atoms with Gasteiger partial charge in [-0.15, -0.1) is 0 Å². The minimum atomic E-state index is 0.379. The van der Waals surface area contributed by atoms with Crippen molar-refractivity contribution < 1.29 is 0 Å². The number of aromatic nitrogens is 2. The van der Waals surface area contributed by atoms with Crippen LogP contribution >= 0.6 is 15.9 Å². The van der Waals surface area contributed by atoms with E-state index in [2.05, 4.69) is 69.9 Å². The first-order chi connectivity index (χ1) is 9.61. The first kappa shape index (κ1) is 15.3. The number of hydrogen-bond acceptors (Lipinski definition) is 2. The zero-order valence-electron chi connectivity index (χ0n) is 12.4. The second kappa shape index (κ2) is 7.04. The van der Waals surface area contributed by atoms with Crippen molar-refractivity contribution in [2.45, 2.75) is 32.7 Å². The monoisotopic (exact) mass is 335 g/mol. The number of imidazole rings is 1. The van der Waals surface area contributed by atoms with Gasteiger partial charge in [0, 0.05) is 36.4 Å². The third-order valence-corrected chi connectivity index (χ3v) is 4.13. The average Bonchev–Trinajstić information content (AvgIpc) is 2.81. The lowest BCUT2D eigenvalue weighted by molar-refractivity contribution is 0.503. The molecule has 1 unspecified atom stereocenters. The summed E-state index contributed by atoms with van der Waals surface area (Å²) in [4.78, 5) is 4.41. The van der Waals surface area contributed by atoms with Crippen LogP contribution in [0.3, 0.4) is 0 Å². The van der Waals surface area contributed by atoms with Gasteiger partial charge in [-0.05, 0) is 43.1 Å². The van der Waals surface area contributed by atoms with Gasteiger partial charge in [-0.3, -0.25) is 0 Å². The van der Waals surface area contributed by atoms with Crippen molar-refractivity contribution in [2.24, 2.45) is 7.05 Å². The molecule has 0 aliphatic rings. The number of nitrogens with one attached hydrogen (secondary N) is 1. The Hall–Kier alpha value is -1.13. The molecule has 1 atom stereocenters. The predicted octanol–water partition coefficient (Wildman–Crippen LogP) is 3.77. The molecule has 1 heterocycles. The van der Waals surface area contributed by atoms with Gasteiger partial charge in [0.05, 0.1) is 0 Å². The fourth-order valence-corrected chi connectivity index (χ4v) is 3.03. The highest BCUT2D eigenvalue weighted by atomic mass is 79.9. The van der Waals surface area contributed by atoms with Crippen LogP contribution in [0.1, 0.15) is 36.3 Å². The molecule has 2 rings (SSSR count). The quantitative estimate of drug-likeness (QED) is 0.870. The van der Waals surface area contributed by atoms with Crippen LogP contribution in [0.4, 0.5) is 0 Å².